The van der Waals surface area contributed by atoms with E-state index < -0.39 is 0 Å². The van der Waals surface area contributed by atoms with Crippen LogP contribution < -0.4 is 10.1 Å². The van der Waals surface area contributed by atoms with Crippen LogP contribution in [0.25, 0.3) is 0 Å². The quantitative estimate of drug-likeness (QED) is 0.907. The van der Waals surface area contributed by atoms with Crippen LogP contribution in [-0.2, 0) is 0 Å². The zero-order valence-corrected chi connectivity index (χ0v) is 13.7. The Bertz CT molecular complexity index is 491. The number of hydrogen-bond acceptors (Lipinski definition) is 4. The third kappa shape index (κ3) is 4.58. The maximum absolute atomic E-state index is 12.3. The number of rotatable bonds is 5. The van der Waals surface area contributed by atoms with E-state index in [-0.39, 0.29) is 18.2 Å². The summed E-state index contributed by atoms with van der Waals surface area (Å²) in [6, 6.07) is 2.02. The zero-order valence-electron chi connectivity index (χ0n) is 13.7. The Morgan fingerprint density at radius 3 is 2.95 bits per heavy atom. The molecule has 0 spiro atoms. The number of carbonyl (C=O) groups is 1. The Kier molecular flexibility index (Phi) is 5.98. The zero-order chi connectivity index (χ0) is 15.9. The Morgan fingerprint density at radius 2 is 2.27 bits per heavy atom. The van der Waals surface area contributed by atoms with Crippen molar-refractivity contribution in [1.82, 2.24) is 20.2 Å². The molecule has 2 amide bonds. The van der Waals surface area contributed by atoms with Gasteiger partial charge in [-0.15, -0.1) is 0 Å². The van der Waals surface area contributed by atoms with Crippen molar-refractivity contribution < 1.29 is 9.53 Å². The maximum Gasteiger partial charge on any atom is 0.317 e. The first kappa shape index (κ1) is 16.5. The minimum absolute atomic E-state index is 0.00416. The Morgan fingerprint density at radius 1 is 1.50 bits per heavy atom. The summed E-state index contributed by atoms with van der Waals surface area (Å²) in [5, 5.41) is 3.09. The number of ether oxygens (including phenoxy) is 1. The highest BCUT2D eigenvalue weighted by Crippen LogP contribution is 2.17. The van der Waals surface area contributed by atoms with Gasteiger partial charge in [-0.25, -0.2) is 9.78 Å². The van der Waals surface area contributed by atoms with Crippen LogP contribution in [-0.4, -0.2) is 46.1 Å². The summed E-state index contributed by atoms with van der Waals surface area (Å²) in [7, 11) is 0. The molecule has 0 bridgehead atoms. The number of aryl methyl sites for hydroxylation is 1. The van der Waals surface area contributed by atoms with Crippen LogP contribution in [0.1, 0.15) is 45.4 Å². The molecule has 22 heavy (non-hydrogen) atoms. The first-order valence-corrected chi connectivity index (χ1v) is 8.14. The van der Waals surface area contributed by atoms with Gasteiger partial charge in [0.1, 0.15) is 11.9 Å². The second-order valence-corrected chi connectivity index (χ2v) is 5.73. The maximum atomic E-state index is 12.3. The van der Waals surface area contributed by atoms with Crippen LogP contribution in [0.3, 0.4) is 0 Å². The number of nitrogens with one attached hydrogen (secondary N) is 1. The van der Waals surface area contributed by atoms with Crippen molar-refractivity contribution in [2.45, 2.75) is 58.6 Å². The van der Waals surface area contributed by atoms with Crippen molar-refractivity contribution in [2.24, 2.45) is 0 Å². The number of hydrogen-bond donors (Lipinski definition) is 1. The molecule has 1 aliphatic rings. The lowest BCUT2D eigenvalue weighted by Crippen LogP contribution is -2.50. The number of amides is 2. The second kappa shape index (κ2) is 7.96. The van der Waals surface area contributed by atoms with E-state index in [4.69, 9.17) is 4.74 Å². The van der Waals surface area contributed by atoms with Crippen LogP contribution in [0.2, 0.25) is 0 Å². The predicted octanol–water partition coefficient (Wildman–Crippen LogP) is 2.53. The average molecular weight is 306 g/mol. The fraction of sp³-hybridized carbons (Fsp3) is 0.688. The molecule has 6 nitrogen and oxygen atoms in total. The van der Waals surface area contributed by atoms with Gasteiger partial charge in [-0.2, -0.15) is 4.98 Å². The molecule has 2 rings (SSSR count). The highest BCUT2D eigenvalue weighted by atomic mass is 16.5. The van der Waals surface area contributed by atoms with E-state index in [2.05, 4.69) is 29.1 Å². The lowest BCUT2D eigenvalue weighted by atomic mass is 10.1. The number of likely N-dealkylation sites (tertiary alicyclic amines) is 1. The first-order chi connectivity index (χ1) is 10.6. The molecule has 0 saturated carbocycles. The molecule has 1 saturated heterocycles. The summed E-state index contributed by atoms with van der Waals surface area (Å²) in [5.74, 6) is 1.27. The van der Waals surface area contributed by atoms with Crippen LogP contribution in [0.15, 0.2) is 12.3 Å². The topological polar surface area (TPSA) is 67.4 Å². The molecule has 1 aliphatic heterocycles. The van der Waals surface area contributed by atoms with Gasteiger partial charge < -0.3 is 15.0 Å². The van der Waals surface area contributed by atoms with Crippen LogP contribution in [0.4, 0.5) is 4.79 Å². The minimum atomic E-state index is -0.00416. The minimum Gasteiger partial charge on any atom is -0.472 e. The monoisotopic (exact) mass is 306 g/mol. The predicted molar refractivity (Wildman–Crippen MR) is 84.9 cm³/mol. The normalized spacial score (nSPS) is 18.4. The summed E-state index contributed by atoms with van der Waals surface area (Å²) < 4.78 is 5.90. The van der Waals surface area contributed by atoms with Gasteiger partial charge in [0, 0.05) is 24.8 Å². The van der Waals surface area contributed by atoms with E-state index in [1.807, 2.05) is 11.8 Å². The third-order valence-corrected chi connectivity index (χ3v) is 4.02. The standard InChI is InChI=1S/C16H26N4O2/c1-4-13(5-2)19-16(21)20-10-6-7-14(11-20)22-15-8-9-17-12(3)18-15/h8-9,13-14H,4-7,10-11H2,1-3H3,(H,19,21). The van der Waals surface area contributed by atoms with Gasteiger partial charge in [-0.1, -0.05) is 13.8 Å². The number of nitrogens with zero attached hydrogens (tertiary/aromatic N) is 3. The number of aromatic nitrogens is 2. The first-order valence-electron chi connectivity index (χ1n) is 8.14. The molecule has 6 heteroatoms. The molecule has 1 atom stereocenters. The molecule has 1 N–H and O–H groups in total. The molecule has 1 aromatic rings. The Labute approximate surface area is 132 Å². The smallest absolute Gasteiger partial charge is 0.317 e. The fourth-order valence-electron chi connectivity index (χ4n) is 2.65. The van der Waals surface area contributed by atoms with Gasteiger partial charge in [-0.3, -0.25) is 0 Å². The molecule has 0 radical (unpaired) electrons. The van der Waals surface area contributed by atoms with Crippen molar-refractivity contribution in [3.05, 3.63) is 18.1 Å². The molecule has 1 unspecified atom stereocenters. The highest BCUT2D eigenvalue weighted by molar-refractivity contribution is 5.74. The summed E-state index contributed by atoms with van der Waals surface area (Å²) in [5.41, 5.74) is 0. The van der Waals surface area contributed by atoms with E-state index >= 15 is 0 Å². The van der Waals surface area contributed by atoms with Crippen LogP contribution in [0, 0.1) is 6.92 Å². The molecule has 0 aromatic carbocycles. The Balaban J connectivity index is 1.89. The van der Waals surface area contributed by atoms with Gasteiger partial charge >= 0.3 is 6.03 Å². The molecule has 1 fully saturated rings. The van der Waals surface area contributed by atoms with E-state index in [0.717, 1.165) is 32.2 Å². The average Bonchev–Trinajstić information content (AvgIpc) is 2.52. The van der Waals surface area contributed by atoms with Gasteiger partial charge in [0.05, 0.1) is 6.54 Å². The molecule has 1 aromatic heterocycles. The van der Waals surface area contributed by atoms with E-state index in [9.17, 15) is 4.79 Å². The fourth-order valence-corrected chi connectivity index (χ4v) is 2.65. The second-order valence-electron chi connectivity index (χ2n) is 5.73. The number of carbonyl (C=O) groups excluding carboxylic acids is 1. The lowest BCUT2D eigenvalue weighted by Gasteiger charge is -2.33. The van der Waals surface area contributed by atoms with Crippen LogP contribution in [0.5, 0.6) is 5.88 Å². The molecular formula is C16H26N4O2. The summed E-state index contributed by atoms with van der Waals surface area (Å²) >= 11 is 0. The van der Waals surface area contributed by atoms with Crippen molar-refractivity contribution in [3.63, 3.8) is 0 Å². The van der Waals surface area contributed by atoms with E-state index in [0.29, 0.717) is 18.2 Å². The third-order valence-electron chi connectivity index (χ3n) is 4.02. The number of urea groups is 1. The van der Waals surface area contributed by atoms with Crippen molar-refractivity contribution >= 4 is 6.03 Å². The van der Waals surface area contributed by atoms with Crippen LogP contribution >= 0.6 is 0 Å². The van der Waals surface area contributed by atoms with Gasteiger partial charge in [0.25, 0.3) is 0 Å². The number of piperidine rings is 1. The largest absolute Gasteiger partial charge is 0.472 e. The van der Waals surface area contributed by atoms with E-state index in [1.54, 1.807) is 12.3 Å². The van der Waals surface area contributed by atoms with Crippen molar-refractivity contribution in [1.29, 1.82) is 0 Å². The molecule has 0 aliphatic carbocycles. The molecular weight excluding hydrogens is 280 g/mol. The molecule has 122 valence electrons. The summed E-state index contributed by atoms with van der Waals surface area (Å²) in [6.07, 6.45) is 5.49. The van der Waals surface area contributed by atoms with Crippen molar-refractivity contribution in [3.8, 4) is 5.88 Å². The lowest BCUT2D eigenvalue weighted by molar-refractivity contribution is 0.0963. The SMILES string of the molecule is CCC(CC)NC(=O)N1CCCC(Oc2ccnc(C)n2)C1. The molecule has 2 heterocycles. The van der Waals surface area contributed by atoms with Gasteiger partial charge in [0.2, 0.25) is 5.88 Å². The Hall–Kier alpha value is -1.85. The summed E-state index contributed by atoms with van der Waals surface area (Å²) in [6.45, 7) is 7.41. The van der Waals surface area contributed by atoms with E-state index in [1.165, 1.54) is 0 Å². The van der Waals surface area contributed by atoms with Gasteiger partial charge in [-0.05, 0) is 32.6 Å². The highest BCUT2D eigenvalue weighted by Gasteiger charge is 2.26. The van der Waals surface area contributed by atoms with Gasteiger partial charge in [0.15, 0.2) is 0 Å². The summed E-state index contributed by atoms with van der Waals surface area (Å²) in [4.78, 5) is 22.5. The van der Waals surface area contributed by atoms with Crippen molar-refractivity contribution in [2.75, 3.05) is 13.1 Å².